The largest absolute Gasteiger partial charge is 0.494 e. The van der Waals surface area contributed by atoms with Crippen LogP contribution in [0.5, 0.6) is 5.75 Å². The van der Waals surface area contributed by atoms with Gasteiger partial charge in [0.25, 0.3) is 5.91 Å². The van der Waals surface area contributed by atoms with Crippen LogP contribution in [-0.4, -0.2) is 12.5 Å². The van der Waals surface area contributed by atoms with Crippen molar-refractivity contribution in [3.8, 4) is 5.75 Å². The molecule has 0 saturated carbocycles. The second-order valence-electron chi connectivity index (χ2n) is 4.01. The van der Waals surface area contributed by atoms with Crippen molar-refractivity contribution in [2.24, 2.45) is 0 Å². The van der Waals surface area contributed by atoms with Crippen molar-refractivity contribution in [2.45, 2.75) is 6.92 Å². The second-order valence-corrected chi connectivity index (χ2v) is 4.01. The van der Waals surface area contributed by atoms with Crippen molar-refractivity contribution in [1.29, 1.82) is 0 Å². The molecule has 0 saturated heterocycles. The van der Waals surface area contributed by atoms with Crippen molar-refractivity contribution < 1.29 is 18.3 Å². The molecular weight excluding hydrogens is 264 g/mol. The van der Waals surface area contributed by atoms with Crippen molar-refractivity contribution in [3.05, 3.63) is 59.7 Å². The molecule has 3 nitrogen and oxygen atoms in total. The van der Waals surface area contributed by atoms with E-state index < -0.39 is 17.5 Å². The van der Waals surface area contributed by atoms with Crippen molar-refractivity contribution >= 4 is 11.6 Å². The Kier molecular flexibility index (Phi) is 4.30. The van der Waals surface area contributed by atoms with Gasteiger partial charge >= 0.3 is 0 Å². The molecule has 104 valence electrons. The highest BCUT2D eigenvalue weighted by atomic mass is 19.2. The third-order valence-corrected chi connectivity index (χ3v) is 2.62. The number of anilines is 1. The molecule has 5 heteroatoms. The topological polar surface area (TPSA) is 38.3 Å². The highest BCUT2D eigenvalue weighted by Gasteiger charge is 2.14. The molecule has 0 aromatic heterocycles. The fourth-order valence-corrected chi connectivity index (χ4v) is 1.68. The van der Waals surface area contributed by atoms with Gasteiger partial charge in [-0.1, -0.05) is 6.07 Å². The molecule has 2 aromatic rings. The predicted molar refractivity (Wildman–Crippen MR) is 71.9 cm³/mol. The van der Waals surface area contributed by atoms with E-state index in [-0.39, 0.29) is 5.56 Å². The van der Waals surface area contributed by atoms with Gasteiger partial charge in [0.2, 0.25) is 0 Å². The average Bonchev–Trinajstić information content (AvgIpc) is 2.44. The van der Waals surface area contributed by atoms with Crippen molar-refractivity contribution in [2.75, 3.05) is 11.9 Å². The number of nitrogens with one attached hydrogen (secondary N) is 1. The maximum Gasteiger partial charge on any atom is 0.258 e. The zero-order valence-corrected chi connectivity index (χ0v) is 10.8. The average molecular weight is 277 g/mol. The van der Waals surface area contributed by atoms with Gasteiger partial charge in [-0.15, -0.1) is 0 Å². The molecule has 0 aliphatic carbocycles. The third-order valence-electron chi connectivity index (χ3n) is 2.62. The summed E-state index contributed by atoms with van der Waals surface area (Å²) in [6.45, 7) is 2.41. The van der Waals surface area contributed by atoms with Gasteiger partial charge in [-0.3, -0.25) is 4.79 Å². The second kappa shape index (κ2) is 6.14. The van der Waals surface area contributed by atoms with Gasteiger partial charge in [-0.25, -0.2) is 8.78 Å². The van der Waals surface area contributed by atoms with Crippen molar-refractivity contribution in [1.82, 2.24) is 0 Å². The standard InChI is InChI=1S/C15H13F2NO2/c1-2-20-11-8-6-10(7-9-11)18-15(19)12-4-3-5-13(16)14(12)17/h3-9H,2H2,1H3,(H,18,19). The van der Waals surface area contributed by atoms with Gasteiger partial charge in [0, 0.05) is 5.69 Å². The SMILES string of the molecule is CCOc1ccc(NC(=O)c2cccc(F)c2F)cc1. The first-order valence-electron chi connectivity index (χ1n) is 6.10. The molecule has 0 unspecified atom stereocenters. The Morgan fingerprint density at radius 3 is 2.50 bits per heavy atom. The summed E-state index contributed by atoms with van der Waals surface area (Å²) in [4.78, 5) is 11.8. The summed E-state index contributed by atoms with van der Waals surface area (Å²) in [6.07, 6.45) is 0. The van der Waals surface area contributed by atoms with Crippen LogP contribution in [0, 0.1) is 11.6 Å². The summed E-state index contributed by atoms with van der Waals surface area (Å²) in [7, 11) is 0. The zero-order chi connectivity index (χ0) is 14.5. The molecule has 0 aliphatic rings. The molecule has 0 spiro atoms. The lowest BCUT2D eigenvalue weighted by Crippen LogP contribution is -2.14. The van der Waals surface area contributed by atoms with Gasteiger partial charge < -0.3 is 10.1 Å². The molecule has 1 N–H and O–H groups in total. The van der Waals surface area contributed by atoms with E-state index in [1.165, 1.54) is 12.1 Å². The number of amides is 1. The van der Waals surface area contributed by atoms with Crippen LogP contribution in [-0.2, 0) is 0 Å². The van der Waals surface area contributed by atoms with Crippen LogP contribution in [0.3, 0.4) is 0 Å². The smallest absolute Gasteiger partial charge is 0.258 e. The van der Waals surface area contributed by atoms with Crippen molar-refractivity contribution in [3.63, 3.8) is 0 Å². The minimum absolute atomic E-state index is 0.334. The molecule has 0 bridgehead atoms. The van der Waals surface area contributed by atoms with E-state index in [0.717, 1.165) is 6.07 Å². The Balaban J connectivity index is 2.13. The first-order chi connectivity index (χ1) is 9.61. The lowest BCUT2D eigenvalue weighted by atomic mass is 10.2. The molecular formula is C15H13F2NO2. The van der Waals surface area contributed by atoms with Crippen LogP contribution in [0.15, 0.2) is 42.5 Å². The van der Waals surface area contributed by atoms with Gasteiger partial charge in [0.1, 0.15) is 5.75 Å². The highest BCUT2D eigenvalue weighted by molar-refractivity contribution is 6.04. The summed E-state index contributed by atoms with van der Waals surface area (Å²) >= 11 is 0. The maximum atomic E-state index is 13.5. The molecule has 0 heterocycles. The highest BCUT2D eigenvalue weighted by Crippen LogP contribution is 2.18. The monoisotopic (exact) mass is 277 g/mol. The molecule has 20 heavy (non-hydrogen) atoms. The number of benzene rings is 2. The van der Waals surface area contributed by atoms with Gasteiger partial charge in [0.15, 0.2) is 11.6 Å². The summed E-state index contributed by atoms with van der Waals surface area (Å²) in [5.74, 6) is -2.24. The number of rotatable bonds is 4. The quantitative estimate of drug-likeness (QED) is 0.927. The predicted octanol–water partition coefficient (Wildman–Crippen LogP) is 3.62. The molecule has 0 fully saturated rings. The maximum absolute atomic E-state index is 13.5. The third kappa shape index (κ3) is 3.12. The van der Waals surface area contributed by atoms with E-state index in [9.17, 15) is 13.6 Å². The van der Waals surface area contributed by atoms with Crippen LogP contribution >= 0.6 is 0 Å². The Hall–Kier alpha value is -2.43. The van der Waals surface area contributed by atoms with E-state index >= 15 is 0 Å². The fourth-order valence-electron chi connectivity index (χ4n) is 1.68. The molecule has 2 rings (SSSR count). The summed E-state index contributed by atoms with van der Waals surface area (Å²) in [5.41, 5.74) is 0.140. The van der Waals surface area contributed by atoms with Crippen LogP contribution in [0.25, 0.3) is 0 Å². The molecule has 1 amide bonds. The number of halogens is 2. The number of ether oxygens (including phenoxy) is 1. The summed E-state index contributed by atoms with van der Waals surface area (Å²) in [6, 6.07) is 10.1. The van der Waals surface area contributed by atoms with Crippen LogP contribution in [0.4, 0.5) is 14.5 Å². The summed E-state index contributed by atoms with van der Waals surface area (Å²) in [5, 5.41) is 2.49. The molecule has 0 radical (unpaired) electrons. The summed E-state index contributed by atoms with van der Waals surface area (Å²) < 4.78 is 31.8. The van der Waals surface area contributed by atoms with E-state index in [0.29, 0.717) is 18.0 Å². The number of carbonyl (C=O) groups excluding carboxylic acids is 1. The fraction of sp³-hybridized carbons (Fsp3) is 0.133. The van der Waals surface area contributed by atoms with Gasteiger partial charge in [-0.05, 0) is 43.3 Å². The van der Waals surface area contributed by atoms with E-state index in [1.54, 1.807) is 24.3 Å². The Labute approximate surface area is 115 Å². The van der Waals surface area contributed by atoms with E-state index in [2.05, 4.69) is 5.32 Å². The Bertz CT molecular complexity index is 612. The van der Waals surface area contributed by atoms with Crippen LogP contribution < -0.4 is 10.1 Å². The first-order valence-corrected chi connectivity index (χ1v) is 6.10. The van der Waals surface area contributed by atoms with Gasteiger partial charge in [-0.2, -0.15) is 0 Å². The molecule has 2 aromatic carbocycles. The Morgan fingerprint density at radius 2 is 1.85 bits per heavy atom. The number of hydrogen-bond acceptors (Lipinski definition) is 2. The first kappa shape index (κ1) is 14.0. The minimum atomic E-state index is -1.16. The van der Waals surface area contributed by atoms with E-state index in [4.69, 9.17) is 4.74 Å². The minimum Gasteiger partial charge on any atom is -0.494 e. The zero-order valence-electron chi connectivity index (χ0n) is 10.8. The molecule has 0 atom stereocenters. The number of carbonyl (C=O) groups is 1. The van der Waals surface area contributed by atoms with E-state index in [1.807, 2.05) is 6.92 Å². The van der Waals surface area contributed by atoms with Gasteiger partial charge in [0.05, 0.1) is 12.2 Å². The normalized spacial score (nSPS) is 10.2. The molecule has 0 aliphatic heterocycles. The lowest BCUT2D eigenvalue weighted by molar-refractivity contribution is 0.102. The van der Waals surface area contributed by atoms with Crippen LogP contribution in [0.1, 0.15) is 17.3 Å². The number of hydrogen-bond donors (Lipinski definition) is 1. The Morgan fingerprint density at radius 1 is 1.15 bits per heavy atom. The lowest BCUT2D eigenvalue weighted by Gasteiger charge is -2.08. The van der Waals surface area contributed by atoms with Crippen LogP contribution in [0.2, 0.25) is 0 Å².